The van der Waals surface area contributed by atoms with Crippen LogP contribution in [0.15, 0.2) is 56.7 Å². The third-order valence-electron chi connectivity index (χ3n) is 5.90. The van der Waals surface area contributed by atoms with E-state index in [1.54, 1.807) is 12.1 Å². The monoisotopic (exact) mass is 546 g/mol. The van der Waals surface area contributed by atoms with E-state index >= 15 is 0 Å². The summed E-state index contributed by atoms with van der Waals surface area (Å²) in [5.74, 6) is -1.94. The molecular weight excluding hydrogens is 524 g/mol. The smallest absolute Gasteiger partial charge is 0.336 e. The number of hydrogen-bond acceptors (Lipinski definition) is 8. The number of hydrogen-bond donors (Lipinski definition) is 5. The molecule has 1 aliphatic carbocycles. The van der Waals surface area contributed by atoms with Crippen LogP contribution in [-0.2, 0) is 25.7 Å². The maximum absolute atomic E-state index is 12.3. The lowest BCUT2D eigenvalue weighted by Gasteiger charge is -2.23. The molecule has 13 heteroatoms. The van der Waals surface area contributed by atoms with E-state index in [1.165, 1.54) is 24.3 Å². The van der Waals surface area contributed by atoms with Gasteiger partial charge in [-0.15, -0.1) is 0 Å². The van der Waals surface area contributed by atoms with Crippen molar-refractivity contribution in [3.05, 3.63) is 58.9 Å². The minimum atomic E-state index is -5.08. The Morgan fingerprint density at radius 1 is 0.919 bits per heavy atom. The second-order valence-electron chi connectivity index (χ2n) is 9.42. The van der Waals surface area contributed by atoms with Crippen molar-refractivity contribution in [2.45, 2.75) is 36.0 Å². The van der Waals surface area contributed by atoms with Crippen LogP contribution in [0.5, 0.6) is 0 Å². The molecule has 0 saturated heterocycles. The fourth-order valence-corrected chi connectivity index (χ4v) is 5.68. The van der Waals surface area contributed by atoms with Gasteiger partial charge in [0, 0.05) is 16.5 Å². The fourth-order valence-electron chi connectivity index (χ4n) is 4.20. The molecule has 2 aromatic rings. The van der Waals surface area contributed by atoms with E-state index in [-0.39, 0.29) is 27.6 Å². The van der Waals surface area contributed by atoms with Gasteiger partial charge in [-0.25, -0.2) is 4.79 Å². The fraction of sp³-hybridized carbons (Fsp3) is 0.167. The average molecular weight is 547 g/mol. The number of fused-ring (bicyclic) bond motifs is 2. The first-order valence-electron chi connectivity index (χ1n) is 10.6. The summed E-state index contributed by atoms with van der Waals surface area (Å²) in [6.45, 7) is 5.68. The number of nitrogens with one attached hydrogen (secondary N) is 1. The van der Waals surface area contributed by atoms with Gasteiger partial charge in [-0.3, -0.25) is 14.5 Å². The second-order valence-corrected chi connectivity index (χ2v) is 12.1. The third-order valence-corrected chi connectivity index (χ3v) is 7.76. The quantitative estimate of drug-likeness (QED) is 0.142. The number of rotatable bonds is 4. The molecule has 0 bridgehead atoms. The molecule has 1 aliphatic heterocycles. The van der Waals surface area contributed by atoms with E-state index in [0.29, 0.717) is 5.56 Å². The predicted octanol–water partition coefficient (Wildman–Crippen LogP) is 3.76. The Kier molecular flexibility index (Phi) is 5.95. The number of carbonyl (C=O) groups is 1. The summed E-state index contributed by atoms with van der Waals surface area (Å²) in [4.78, 5) is 10.4. The summed E-state index contributed by atoms with van der Waals surface area (Å²) in [5, 5.41) is 17.4. The maximum atomic E-state index is 12.3. The number of carboxylic acids is 1. The molecule has 0 spiro atoms. The molecule has 4 rings (SSSR count). The Labute approximate surface area is 211 Å². The zero-order valence-electron chi connectivity index (χ0n) is 19.7. The highest BCUT2D eigenvalue weighted by Crippen LogP contribution is 2.46. The minimum absolute atomic E-state index is 0.0121. The number of benzene rings is 3. The van der Waals surface area contributed by atoms with E-state index in [2.05, 4.69) is 0 Å². The summed E-state index contributed by atoms with van der Waals surface area (Å²) in [5.41, 5.74) is 4.94. The van der Waals surface area contributed by atoms with Crippen LogP contribution in [0.2, 0.25) is 0 Å². The van der Waals surface area contributed by atoms with Crippen molar-refractivity contribution in [1.29, 1.82) is 5.41 Å². The zero-order valence-corrected chi connectivity index (χ0v) is 21.4. The molecule has 6 N–H and O–H groups in total. The second kappa shape index (κ2) is 8.38. The van der Waals surface area contributed by atoms with Crippen LogP contribution in [0.4, 0.5) is 5.69 Å². The van der Waals surface area contributed by atoms with Crippen LogP contribution >= 0.6 is 0 Å². The van der Waals surface area contributed by atoms with Crippen molar-refractivity contribution in [2.24, 2.45) is 0 Å². The van der Waals surface area contributed by atoms with Crippen LogP contribution in [0.3, 0.4) is 0 Å². The summed E-state index contributed by atoms with van der Waals surface area (Å²) in [6.07, 6.45) is 0. The van der Waals surface area contributed by atoms with Crippen LogP contribution in [0, 0.1) is 5.41 Å². The van der Waals surface area contributed by atoms with Gasteiger partial charge in [0.05, 0.1) is 16.6 Å². The molecule has 2 aliphatic rings. The van der Waals surface area contributed by atoms with Gasteiger partial charge in [0.1, 0.15) is 0 Å². The highest BCUT2D eigenvalue weighted by atomic mass is 32.2. The normalized spacial score (nSPS) is 12.8. The lowest BCUT2D eigenvalue weighted by Crippen LogP contribution is -2.17. The number of aromatic carboxylic acids is 1. The van der Waals surface area contributed by atoms with E-state index in [4.69, 9.17) is 15.6 Å². The molecule has 11 nitrogen and oxygen atoms in total. The van der Waals surface area contributed by atoms with Crippen LogP contribution < -0.4 is 11.1 Å². The minimum Gasteiger partial charge on any atom is -0.478 e. The standard InChI is InChI=1S/C24H22N2O9S2/c1-24(2,3)11-4-5-12(23(27)28)15(10-11)18-13-6-8-16(25)21(36(29,30)31)19(13)35-20-14(18)7-9-17(26)22(20)37(32,33)34/h4-10,25H,26H2,1-3H3,(H,27,28)(H,29,30,31)(H,32,33,34). The molecular formula is C24H22N2O9S2. The topological polar surface area (TPSA) is 209 Å². The van der Waals surface area contributed by atoms with Crippen molar-refractivity contribution in [2.75, 3.05) is 5.73 Å². The summed E-state index contributed by atoms with van der Waals surface area (Å²) in [7, 11) is -10.1. The molecule has 194 valence electrons. The van der Waals surface area contributed by atoms with Crippen molar-refractivity contribution in [1.82, 2.24) is 0 Å². The average Bonchev–Trinajstić information content (AvgIpc) is 2.74. The van der Waals surface area contributed by atoms with Gasteiger partial charge in [0.25, 0.3) is 20.2 Å². The largest absolute Gasteiger partial charge is 0.478 e. The van der Waals surface area contributed by atoms with Crippen LogP contribution in [0.1, 0.15) is 36.7 Å². The number of carboxylic acid groups (broad SMARTS) is 1. The Morgan fingerprint density at radius 3 is 2.08 bits per heavy atom. The van der Waals surface area contributed by atoms with E-state index < -0.39 is 63.8 Å². The Balaban J connectivity index is 2.40. The number of nitrogens with two attached hydrogens (primary N) is 1. The Hall–Kier alpha value is -3.78. The SMILES string of the molecule is CC(C)(C)c1ccc(C(=O)O)c(-c2c3ccc(=N)c(S(=O)(=O)O)c-3oc3c(S(=O)(=O)O)c(N)ccc23)c1. The lowest BCUT2D eigenvalue weighted by molar-refractivity contribution is 0.0697. The van der Waals surface area contributed by atoms with Crippen molar-refractivity contribution < 1.29 is 40.3 Å². The van der Waals surface area contributed by atoms with Crippen molar-refractivity contribution in [3.63, 3.8) is 0 Å². The molecule has 0 saturated carbocycles. The molecule has 1 heterocycles. The zero-order chi connectivity index (χ0) is 27.7. The van der Waals surface area contributed by atoms with Crippen molar-refractivity contribution >= 4 is 42.9 Å². The molecule has 0 amide bonds. The van der Waals surface area contributed by atoms with Gasteiger partial charge >= 0.3 is 5.97 Å². The van der Waals surface area contributed by atoms with Gasteiger partial charge in [-0.1, -0.05) is 26.8 Å². The molecule has 0 aromatic heterocycles. The number of anilines is 1. The van der Waals surface area contributed by atoms with E-state index in [0.717, 1.165) is 6.07 Å². The van der Waals surface area contributed by atoms with Gasteiger partial charge < -0.3 is 15.3 Å². The summed E-state index contributed by atoms with van der Waals surface area (Å²) >= 11 is 0. The first-order chi connectivity index (χ1) is 16.9. The lowest BCUT2D eigenvalue weighted by atomic mass is 9.82. The van der Waals surface area contributed by atoms with Crippen LogP contribution in [0.25, 0.3) is 33.4 Å². The molecule has 0 radical (unpaired) electrons. The Morgan fingerprint density at radius 2 is 1.54 bits per heavy atom. The molecule has 2 aromatic carbocycles. The Bertz CT molecular complexity index is 1870. The third kappa shape index (κ3) is 4.46. The first kappa shape index (κ1) is 26.3. The highest BCUT2D eigenvalue weighted by Gasteiger charge is 2.32. The molecule has 37 heavy (non-hydrogen) atoms. The van der Waals surface area contributed by atoms with E-state index in [1.807, 2.05) is 20.8 Å². The summed E-state index contributed by atoms with van der Waals surface area (Å²) < 4.78 is 74.5. The van der Waals surface area contributed by atoms with Gasteiger partial charge in [0.2, 0.25) is 0 Å². The molecule has 0 atom stereocenters. The first-order valence-corrected chi connectivity index (χ1v) is 13.5. The highest BCUT2D eigenvalue weighted by molar-refractivity contribution is 7.86. The van der Waals surface area contributed by atoms with Gasteiger partial charge in [-0.2, -0.15) is 16.8 Å². The van der Waals surface area contributed by atoms with Gasteiger partial charge in [0.15, 0.2) is 21.1 Å². The summed E-state index contributed by atoms with van der Waals surface area (Å²) in [6, 6.07) is 9.45. The van der Waals surface area contributed by atoms with Crippen LogP contribution in [-0.4, -0.2) is 37.0 Å². The number of nitrogen functional groups attached to an aromatic ring is 1. The maximum Gasteiger partial charge on any atom is 0.336 e. The van der Waals surface area contributed by atoms with E-state index in [9.17, 15) is 35.8 Å². The van der Waals surface area contributed by atoms with Crippen molar-refractivity contribution in [3.8, 4) is 22.5 Å². The predicted molar refractivity (Wildman–Crippen MR) is 134 cm³/mol. The van der Waals surface area contributed by atoms with Gasteiger partial charge in [-0.05, 0) is 52.9 Å². The molecule has 0 fully saturated rings. The molecule has 0 unspecified atom stereocenters.